The van der Waals surface area contributed by atoms with Gasteiger partial charge in [-0.3, -0.25) is 24.0 Å². The lowest BCUT2D eigenvalue weighted by Crippen LogP contribution is -2.32. The zero-order valence-corrected chi connectivity index (χ0v) is 33.4. The van der Waals surface area contributed by atoms with Crippen LogP contribution in [0.3, 0.4) is 0 Å². The molecule has 4 aromatic carbocycles. The lowest BCUT2D eigenvalue weighted by molar-refractivity contribution is -0.115. The van der Waals surface area contributed by atoms with Gasteiger partial charge in [0.1, 0.15) is 17.0 Å². The maximum atomic E-state index is 13.1. The average Bonchev–Trinajstić information content (AvgIpc) is 3.24. The van der Waals surface area contributed by atoms with Gasteiger partial charge in [-0.2, -0.15) is 5.26 Å². The van der Waals surface area contributed by atoms with Gasteiger partial charge in [-0.1, -0.05) is 12.1 Å². The third-order valence-corrected chi connectivity index (χ3v) is 8.37. The minimum Gasteiger partial charge on any atom is -0.508 e. The van der Waals surface area contributed by atoms with Crippen molar-refractivity contribution in [1.82, 2.24) is 10.3 Å². The van der Waals surface area contributed by atoms with Gasteiger partial charge in [0.25, 0.3) is 23.6 Å². The molecule has 0 saturated carbocycles. The summed E-state index contributed by atoms with van der Waals surface area (Å²) < 4.78 is 10.3. The highest BCUT2D eigenvalue weighted by molar-refractivity contribution is 6.10. The second-order valence-electron chi connectivity index (χ2n) is 12.6. The number of carbonyl (C=O) groups excluding carboxylic acids is 5. The molecule has 62 heavy (non-hydrogen) atoms. The molecule has 318 valence electrons. The Morgan fingerprint density at radius 3 is 1.79 bits per heavy atom. The van der Waals surface area contributed by atoms with E-state index in [9.17, 15) is 49.2 Å². The summed E-state index contributed by atoms with van der Waals surface area (Å²) in [5, 5.41) is 59.8. The van der Waals surface area contributed by atoms with Crippen LogP contribution >= 0.6 is 0 Å². The number of nitriles is 1. The molecule has 19 heteroatoms. The van der Waals surface area contributed by atoms with E-state index in [-0.39, 0.29) is 57.0 Å². The van der Waals surface area contributed by atoms with Crippen LogP contribution in [0.4, 0.5) is 22.7 Å². The van der Waals surface area contributed by atoms with Gasteiger partial charge < -0.3 is 56.5 Å². The highest BCUT2D eigenvalue weighted by atomic mass is 16.5. The second-order valence-corrected chi connectivity index (χ2v) is 12.6. The first-order valence-corrected chi connectivity index (χ1v) is 18.0. The monoisotopic (exact) mass is 845 g/mol. The second kappa shape index (κ2) is 21.2. The largest absolute Gasteiger partial charge is 0.508 e. The van der Waals surface area contributed by atoms with E-state index in [0.717, 1.165) is 18.7 Å². The molecule has 0 saturated heterocycles. The number of nitrogens with one attached hydrogen (secondary N) is 5. The molecule has 0 aliphatic heterocycles. The molecule has 9 N–H and O–H groups in total. The zero-order chi connectivity index (χ0) is 45.5. The first-order chi connectivity index (χ1) is 29.6. The molecule has 0 radical (unpaired) electrons. The molecule has 0 unspecified atom stereocenters. The number of aromatic nitrogens is 1. The van der Waals surface area contributed by atoms with Crippen molar-refractivity contribution < 1.29 is 58.7 Å². The van der Waals surface area contributed by atoms with Gasteiger partial charge in [0.05, 0.1) is 55.7 Å². The van der Waals surface area contributed by atoms with Gasteiger partial charge in [-0.25, -0.2) is 9.78 Å². The molecule has 5 aromatic rings. The van der Waals surface area contributed by atoms with Crippen LogP contribution in [0.2, 0.25) is 0 Å². The minimum absolute atomic E-state index is 0.0314. The molecular weight excluding hydrogens is 807 g/mol. The summed E-state index contributed by atoms with van der Waals surface area (Å²) in [6, 6.07) is 21.6. The van der Waals surface area contributed by atoms with Crippen LogP contribution in [-0.2, 0) is 9.59 Å². The number of hydrogen-bond donors (Lipinski definition) is 9. The Kier molecular flexibility index (Phi) is 15.6. The van der Waals surface area contributed by atoms with E-state index < -0.39 is 53.2 Å². The lowest BCUT2D eigenvalue weighted by Gasteiger charge is -2.16. The summed E-state index contributed by atoms with van der Waals surface area (Å²) >= 11 is 0. The fraction of sp³-hybridized carbons (Fsp3) is 0.116. The van der Waals surface area contributed by atoms with Crippen LogP contribution in [0.15, 0.2) is 96.7 Å². The van der Waals surface area contributed by atoms with E-state index in [0.29, 0.717) is 11.3 Å². The fourth-order valence-electron chi connectivity index (χ4n) is 5.37. The molecule has 0 fully saturated rings. The maximum absolute atomic E-state index is 13.1. The van der Waals surface area contributed by atoms with Gasteiger partial charge in [-0.05, 0) is 91.4 Å². The number of methoxy groups -OCH3 is 2. The third-order valence-electron chi connectivity index (χ3n) is 8.37. The van der Waals surface area contributed by atoms with Crippen molar-refractivity contribution in [2.75, 3.05) is 42.0 Å². The molecular formula is C43H39N7O12. The van der Waals surface area contributed by atoms with Gasteiger partial charge in [-0.15, -0.1) is 0 Å². The highest BCUT2D eigenvalue weighted by Gasteiger charge is 2.24. The van der Waals surface area contributed by atoms with Crippen molar-refractivity contribution in [3.8, 4) is 34.8 Å². The lowest BCUT2D eigenvalue weighted by atomic mass is 10.1. The predicted octanol–water partition coefficient (Wildman–Crippen LogP) is 5.36. The smallest absolute Gasteiger partial charge is 0.339 e. The minimum atomic E-state index is -1.42. The summed E-state index contributed by atoms with van der Waals surface area (Å²) in [6.07, 6.45) is 2.87. The highest BCUT2D eigenvalue weighted by Crippen LogP contribution is 2.40. The predicted molar refractivity (Wildman–Crippen MR) is 225 cm³/mol. The number of anilines is 4. The number of carboxylic acid groups (broad SMARTS) is 1. The number of carbonyl (C=O) groups is 6. The third kappa shape index (κ3) is 11.8. The number of benzene rings is 4. The van der Waals surface area contributed by atoms with Crippen molar-refractivity contribution in [3.63, 3.8) is 0 Å². The van der Waals surface area contributed by atoms with Gasteiger partial charge >= 0.3 is 5.97 Å². The first-order valence-electron chi connectivity index (χ1n) is 18.0. The SMILES string of the molecule is CC#N.COc1c(NC(=O)c2ccc(NC(=O)c3ccc(NC(=O)CNC(=O)c4ccc(NC(=O)/C(C)=C/c5ccc(O)cc5)cc4)cn3)c(OC)c2O)ccc(C(=O)O)c1O. The van der Waals surface area contributed by atoms with Crippen LogP contribution in [0.5, 0.6) is 28.7 Å². The number of aromatic hydroxyl groups is 3. The van der Waals surface area contributed by atoms with Crippen molar-refractivity contribution in [1.29, 1.82) is 5.26 Å². The maximum Gasteiger partial charge on any atom is 0.339 e. The normalized spacial score (nSPS) is 10.4. The van der Waals surface area contributed by atoms with Gasteiger partial charge in [0.2, 0.25) is 5.91 Å². The van der Waals surface area contributed by atoms with Crippen LogP contribution in [0.1, 0.15) is 61.0 Å². The summed E-state index contributed by atoms with van der Waals surface area (Å²) in [4.78, 5) is 79.3. The Hall–Kier alpha value is -8.92. The summed E-state index contributed by atoms with van der Waals surface area (Å²) in [5.41, 5.74) is 1.06. The molecule has 5 amide bonds. The molecule has 0 atom stereocenters. The summed E-state index contributed by atoms with van der Waals surface area (Å²) in [6.45, 7) is 2.67. The fourth-order valence-corrected chi connectivity index (χ4v) is 5.37. The Labute approximate surface area is 353 Å². The van der Waals surface area contributed by atoms with Crippen LogP contribution in [0.25, 0.3) is 6.08 Å². The van der Waals surface area contributed by atoms with Crippen molar-refractivity contribution in [3.05, 3.63) is 125 Å². The molecule has 0 aliphatic carbocycles. The van der Waals surface area contributed by atoms with Crippen molar-refractivity contribution in [2.45, 2.75) is 13.8 Å². The average molecular weight is 846 g/mol. The number of amides is 5. The van der Waals surface area contributed by atoms with E-state index in [1.807, 2.05) is 0 Å². The van der Waals surface area contributed by atoms with E-state index in [2.05, 4.69) is 31.6 Å². The number of carboxylic acids is 1. The first kappa shape index (κ1) is 45.8. The Morgan fingerprint density at radius 2 is 1.24 bits per heavy atom. The van der Waals surface area contributed by atoms with Crippen molar-refractivity contribution in [2.24, 2.45) is 0 Å². The Morgan fingerprint density at radius 1 is 0.694 bits per heavy atom. The number of nitrogens with zero attached hydrogens (tertiary/aromatic N) is 2. The van der Waals surface area contributed by atoms with Crippen LogP contribution in [0, 0.1) is 11.3 Å². The number of phenols is 3. The molecule has 0 spiro atoms. The zero-order valence-electron chi connectivity index (χ0n) is 33.4. The number of rotatable bonds is 14. The number of ether oxygens (including phenoxy) is 2. The number of hydrogen-bond acceptors (Lipinski definition) is 13. The molecule has 0 aliphatic rings. The van der Waals surface area contributed by atoms with Crippen LogP contribution in [-0.4, -0.2) is 81.7 Å². The Bertz CT molecular complexity index is 2570. The number of aromatic carboxylic acids is 1. The van der Waals surface area contributed by atoms with E-state index in [4.69, 9.17) is 14.7 Å². The topological polar surface area (TPSA) is 299 Å². The quantitative estimate of drug-likeness (QED) is 0.0636. The number of pyridine rings is 1. The molecule has 1 aromatic heterocycles. The molecule has 0 bridgehead atoms. The molecule has 1 heterocycles. The van der Waals surface area contributed by atoms with Gasteiger partial charge in [0, 0.05) is 23.7 Å². The van der Waals surface area contributed by atoms with E-state index >= 15 is 0 Å². The summed E-state index contributed by atoms with van der Waals surface area (Å²) in [7, 11) is 2.35. The summed E-state index contributed by atoms with van der Waals surface area (Å²) in [5.74, 6) is -6.41. The van der Waals surface area contributed by atoms with Gasteiger partial charge in [0.15, 0.2) is 23.0 Å². The Balaban J connectivity index is 0.00000273. The standard InChI is InChI=1S/C41H36N6O12.C2H3N/c1-21(18-22-4-11-26(48)12-5-22)37(52)45-24-8-6-23(7-9-24)38(53)43-20-32(49)44-25-10-15-31(42-19-25)40(55)47-30-16-13-27(33(50)35(30)58-2)39(54)46-29-17-14-28(41(56)57)34(51)36(29)59-3;1-2-3/h4-19,48,50-51H,20H2,1-3H3,(H,43,53)(H,44,49)(H,45,52)(H,46,54)(H,47,55)(H,56,57);1H3/b21-18+;. The number of phenolic OH excluding ortho intramolecular Hbond substituents is 2. The molecule has 5 rings (SSSR count). The van der Waals surface area contributed by atoms with E-state index in [1.165, 1.54) is 87.0 Å². The van der Waals surface area contributed by atoms with Crippen molar-refractivity contribution >= 4 is 64.3 Å². The molecule has 19 nitrogen and oxygen atoms in total. The van der Waals surface area contributed by atoms with Crippen LogP contribution < -0.4 is 36.1 Å². The van der Waals surface area contributed by atoms with E-state index in [1.54, 1.807) is 31.2 Å².